The van der Waals surface area contributed by atoms with E-state index >= 15 is 0 Å². The van der Waals surface area contributed by atoms with Gasteiger partial charge in [0, 0.05) is 18.9 Å². The van der Waals surface area contributed by atoms with E-state index in [4.69, 9.17) is 4.74 Å². The second-order valence-electron chi connectivity index (χ2n) is 11.0. The highest BCUT2D eigenvalue weighted by Crippen LogP contribution is 2.47. The van der Waals surface area contributed by atoms with Crippen molar-refractivity contribution in [2.75, 3.05) is 13.2 Å². The molecule has 4 amide bonds. The lowest BCUT2D eigenvalue weighted by atomic mass is 10.1. The average Bonchev–Trinajstić information content (AvgIpc) is 3.75. The van der Waals surface area contributed by atoms with E-state index in [2.05, 4.69) is 10.6 Å². The Kier molecular flexibility index (Phi) is 7.98. The van der Waals surface area contributed by atoms with Crippen LogP contribution in [0.15, 0.2) is 12.2 Å². The molecule has 0 aromatic heterocycles. The van der Waals surface area contributed by atoms with Crippen LogP contribution in [0.2, 0.25) is 0 Å². The van der Waals surface area contributed by atoms with Crippen molar-refractivity contribution < 1.29 is 46.9 Å². The number of aliphatic hydroxyl groups is 1. The van der Waals surface area contributed by atoms with Crippen molar-refractivity contribution in [2.24, 2.45) is 5.92 Å². The summed E-state index contributed by atoms with van der Waals surface area (Å²) in [7, 11) is -4.34. The van der Waals surface area contributed by atoms with Gasteiger partial charge in [-0.1, -0.05) is 12.2 Å². The highest BCUT2D eigenvalue weighted by molar-refractivity contribution is 7.91. The molecular formula is C24H35FN4O9S. The summed E-state index contributed by atoms with van der Waals surface area (Å²) in [6, 6.07) is -2.63. The van der Waals surface area contributed by atoms with Gasteiger partial charge < -0.3 is 30.5 Å². The molecule has 13 nitrogen and oxygen atoms in total. The van der Waals surface area contributed by atoms with Crippen LogP contribution in [0.3, 0.4) is 0 Å². The SMILES string of the molecule is C[C@@H]1CC/C=C\C2CC2(C(=O)NS(=O)(=O)C2(CF)CC2)NC(=O)[C@@H]2C[C@@H](O)CN2C(=O)[C@@H](NC(=O)O)[C@H](C)O1. The van der Waals surface area contributed by atoms with Gasteiger partial charge in [-0.05, 0) is 46.0 Å². The molecule has 2 heterocycles. The number of sulfonamides is 1. The van der Waals surface area contributed by atoms with Gasteiger partial charge in [0.1, 0.15) is 29.0 Å². The molecule has 0 aromatic carbocycles. The number of hydrogen-bond acceptors (Lipinski definition) is 8. The molecule has 0 spiro atoms. The van der Waals surface area contributed by atoms with Gasteiger partial charge >= 0.3 is 6.09 Å². The van der Waals surface area contributed by atoms with Crippen molar-refractivity contribution >= 4 is 33.8 Å². The lowest BCUT2D eigenvalue weighted by Crippen LogP contribution is -2.60. The molecule has 4 rings (SSSR count). The molecule has 0 bridgehead atoms. The van der Waals surface area contributed by atoms with Crippen molar-refractivity contribution in [2.45, 2.75) is 93.1 Å². The Morgan fingerprint density at radius 1 is 1.28 bits per heavy atom. The molecular weight excluding hydrogens is 539 g/mol. The predicted molar refractivity (Wildman–Crippen MR) is 133 cm³/mol. The van der Waals surface area contributed by atoms with E-state index in [0.29, 0.717) is 12.8 Å². The minimum absolute atomic E-state index is 0.0781. The second-order valence-corrected chi connectivity index (χ2v) is 13.1. The van der Waals surface area contributed by atoms with Crippen LogP contribution in [-0.4, -0.2) is 101 Å². The molecule has 3 fully saturated rings. The summed E-state index contributed by atoms with van der Waals surface area (Å²) in [5.74, 6) is -3.15. The number of hydrogen-bond donors (Lipinski definition) is 5. The number of ether oxygens (including phenoxy) is 1. The molecule has 5 N–H and O–H groups in total. The summed E-state index contributed by atoms with van der Waals surface area (Å²) in [5, 5.41) is 24.4. The van der Waals surface area contributed by atoms with Gasteiger partial charge in [0.25, 0.3) is 5.91 Å². The summed E-state index contributed by atoms with van der Waals surface area (Å²) >= 11 is 0. The van der Waals surface area contributed by atoms with Gasteiger partial charge in [-0.25, -0.2) is 17.6 Å². The molecule has 0 radical (unpaired) electrons. The first-order valence-corrected chi connectivity index (χ1v) is 14.5. The van der Waals surface area contributed by atoms with E-state index in [9.17, 15) is 42.2 Å². The molecule has 7 atom stereocenters. The number of nitrogens with one attached hydrogen (secondary N) is 3. The number of carbonyl (C=O) groups is 4. The number of fused-ring (bicyclic) bond motifs is 2. The Morgan fingerprint density at radius 3 is 2.59 bits per heavy atom. The number of aliphatic hydroxyl groups excluding tert-OH is 1. The standard InChI is InChI=1S/C24H35FN4O9S/c1-13-5-3-4-6-15-10-24(15,21(33)28-39(36,37)23(12-25)7-8-23)27-19(31)17-9-16(30)11-29(17)20(32)18(14(2)38-13)26-22(34)35/h4,6,13-18,26,30H,3,5,7-12H2,1-2H3,(H,27,31)(H,28,33)(H,34,35)/b6-4-/t13-,14+,15?,16-,17+,18+,24?/m1/s1. The van der Waals surface area contributed by atoms with E-state index in [-0.39, 0.29) is 38.3 Å². The fraction of sp³-hybridized carbons (Fsp3) is 0.750. The summed E-state index contributed by atoms with van der Waals surface area (Å²) in [5.41, 5.74) is -1.65. The molecule has 2 aliphatic carbocycles. The minimum atomic E-state index is -4.34. The Labute approximate surface area is 225 Å². The van der Waals surface area contributed by atoms with Crippen LogP contribution in [0.4, 0.5) is 9.18 Å². The first-order chi connectivity index (χ1) is 18.2. The first kappa shape index (κ1) is 29.2. The Hall–Kier alpha value is -2.78. The van der Waals surface area contributed by atoms with Crippen LogP contribution in [-0.2, 0) is 29.1 Å². The first-order valence-electron chi connectivity index (χ1n) is 13.0. The summed E-state index contributed by atoms with van der Waals surface area (Å²) < 4.78 is 45.1. The van der Waals surface area contributed by atoms with Gasteiger partial charge in [-0.3, -0.25) is 19.1 Å². The van der Waals surface area contributed by atoms with Crippen LogP contribution in [0, 0.1) is 5.92 Å². The van der Waals surface area contributed by atoms with Crippen LogP contribution in [0.1, 0.15) is 52.4 Å². The van der Waals surface area contributed by atoms with Gasteiger partial charge in [0.2, 0.25) is 21.8 Å². The summed E-state index contributed by atoms with van der Waals surface area (Å²) in [4.78, 5) is 52.8. The fourth-order valence-electron chi connectivity index (χ4n) is 5.32. The van der Waals surface area contributed by atoms with Crippen molar-refractivity contribution in [3.05, 3.63) is 12.2 Å². The van der Waals surface area contributed by atoms with E-state index < -0.39 is 81.0 Å². The smallest absolute Gasteiger partial charge is 0.405 e. The normalized spacial score (nSPS) is 37.3. The molecule has 2 unspecified atom stereocenters. The van der Waals surface area contributed by atoms with E-state index in [1.54, 1.807) is 19.1 Å². The molecule has 218 valence electrons. The van der Waals surface area contributed by atoms with Crippen molar-refractivity contribution in [1.82, 2.24) is 20.3 Å². The third-order valence-electron chi connectivity index (χ3n) is 8.05. The monoisotopic (exact) mass is 574 g/mol. The Bertz CT molecular complexity index is 1160. The molecule has 15 heteroatoms. The average molecular weight is 575 g/mol. The molecule has 4 aliphatic rings. The van der Waals surface area contributed by atoms with Crippen LogP contribution in [0.5, 0.6) is 0 Å². The molecule has 39 heavy (non-hydrogen) atoms. The summed E-state index contributed by atoms with van der Waals surface area (Å²) in [6.07, 6.45) is 0.667. The maximum Gasteiger partial charge on any atom is 0.405 e. The largest absolute Gasteiger partial charge is 0.465 e. The Morgan fingerprint density at radius 2 is 1.97 bits per heavy atom. The molecule has 2 aliphatic heterocycles. The zero-order valence-corrected chi connectivity index (χ0v) is 22.6. The topological polar surface area (TPSA) is 191 Å². The lowest BCUT2D eigenvalue weighted by molar-refractivity contribution is -0.144. The van der Waals surface area contributed by atoms with Gasteiger partial charge in [0.05, 0.1) is 18.3 Å². The maximum atomic E-state index is 13.5. The highest BCUT2D eigenvalue weighted by Gasteiger charge is 2.64. The minimum Gasteiger partial charge on any atom is -0.465 e. The lowest BCUT2D eigenvalue weighted by Gasteiger charge is -2.32. The van der Waals surface area contributed by atoms with Crippen molar-refractivity contribution in [1.29, 1.82) is 0 Å². The third kappa shape index (κ3) is 5.75. The number of halogens is 1. The number of carbonyl (C=O) groups excluding carboxylic acids is 3. The number of rotatable bonds is 5. The van der Waals surface area contributed by atoms with E-state index in [0.717, 1.165) is 4.90 Å². The van der Waals surface area contributed by atoms with Crippen molar-refractivity contribution in [3.63, 3.8) is 0 Å². The molecule has 0 aromatic rings. The highest BCUT2D eigenvalue weighted by atomic mass is 32.2. The number of carboxylic acid groups (broad SMARTS) is 1. The zero-order valence-electron chi connectivity index (χ0n) is 21.8. The fourth-order valence-corrected chi connectivity index (χ4v) is 6.75. The molecule has 1 saturated heterocycles. The van der Waals surface area contributed by atoms with E-state index in [1.807, 2.05) is 4.72 Å². The molecule has 2 saturated carbocycles. The van der Waals surface area contributed by atoms with Gasteiger partial charge in [-0.2, -0.15) is 0 Å². The maximum absolute atomic E-state index is 13.5. The van der Waals surface area contributed by atoms with Gasteiger partial charge in [0.15, 0.2) is 0 Å². The Balaban J connectivity index is 1.64. The van der Waals surface area contributed by atoms with Crippen molar-refractivity contribution in [3.8, 4) is 0 Å². The number of nitrogens with zero attached hydrogens (tertiary/aromatic N) is 1. The van der Waals surface area contributed by atoms with Crippen LogP contribution >= 0.6 is 0 Å². The van der Waals surface area contributed by atoms with Crippen LogP contribution in [0.25, 0.3) is 0 Å². The quantitative estimate of drug-likeness (QED) is 0.271. The van der Waals surface area contributed by atoms with Gasteiger partial charge in [-0.15, -0.1) is 0 Å². The zero-order chi connectivity index (χ0) is 28.8. The number of alkyl halides is 1. The van der Waals surface area contributed by atoms with Crippen LogP contribution < -0.4 is 15.4 Å². The second kappa shape index (κ2) is 10.7. The number of amides is 4. The number of allylic oxidation sites excluding steroid dienone is 1. The predicted octanol–water partition coefficient (Wildman–Crippen LogP) is -0.449. The van der Waals surface area contributed by atoms with E-state index in [1.165, 1.54) is 6.92 Å². The third-order valence-corrected chi connectivity index (χ3v) is 10.2. The summed E-state index contributed by atoms with van der Waals surface area (Å²) in [6.45, 7) is 1.90.